The maximum Gasteiger partial charge on any atom is 0.144 e. The van der Waals surface area contributed by atoms with Crippen molar-refractivity contribution >= 4 is 31.5 Å². The molecule has 0 saturated heterocycles. The van der Waals surface area contributed by atoms with Gasteiger partial charge in [-0.2, -0.15) is 0 Å². The smallest absolute Gasteiger partial charge is 0.144 e. The Labute approximate surface area is 232 Å². The molecular formula is C35H42N2S. The Morgan fingerprint density at radius 2 is 1.45 bits per heavy atom. The summed E-state index contributed by atoms with van der Waals surface area (Å²) in [6, 6.07) is 20.6. The van der Waals surface area contributed by atoms with E-state index in [0.717, 1.165) is 5.82 Å². The summed E-state index contributed by atoms with van der Waals surface area (Å²) in [4.78, 5) is 5.04. The maximum atomic E-state index is 5.04. The van der Waals surface area contributed by atoms with Gasteiger partial charge in [0.15, 0.2) is 0 Å². The minimum Gasteiger partial charge on any atom is -0.299 e. The summed E-state index contributed by atoms with van der Waals surface area (Å²) in [7, 11) is 0. The average molecular weight is 523 g/mol. The second kappa shape index (κ2) is 10.0. The molecule has 1 fully saturated rings. The SMILES string of the molecule is CC.CC(C)c1cccc(C(C)C)c1-n1ccnc1-c1cc2sc3ccccc3c2cc1C1(C)C(C)[C@@H]1C. The van der Waals surface area contributed by atoms with E-state index in [9.17, 15) is 0 Å². The van der Waals surface area contributed by atoms with Crippen molar-refractivity contribution in [2.75, 3.05) is 0 Å². The van der Waals surface area contributed by atoms with E-state index in [1.54, 1.807) is 0 Å². The molecule has 2 aromatic heterocycles. The van der Waals surface area contributed by atoms with Gasteiger partial charge in [0.2, 0.25) is 0 Å². The molecule has 0 bridgehead atoms. The lowest BCUT2D eigenvalue weighted by Crippen LogP contribution is -2.11. The summed E-state index contributed by atoms with van der Waals surface area (Å²) in [6.45, 7) is 20.4. The average Bonchev–Trinajstić information content (AvgIpc) is 3.33. The lowest BCUT2D eigenvalue weighted by molar-refractivity contribution is 0.682. The second-order valence-electron chi connectivity index (χ2n) is 11.6. The van der Waals surface area contributed by atoms with Gasteiger partial charge in [-0.25, -0.2) is 4.98 Å². The van der Waals surface area contributed by atoms with Crippen LogP contribution in [-0.2, 0) is 5.41 Å². The van der Waals surface area contributed by atoms with Gasteiger partial charge in [-0.05, 0) is 64.0 Å². The Hall–Kier alpha value is -2.91. The predicted molar refractivity (Wildman–Crippen MR) is 167 cm³/mol. The van der Waals surface area contributed by atoms with Crippen LogP contribution in [-0.4, -0.2) is 9.55 Å². The van der Waals surface area contributed by atoms with E-state index < -0.39 is 0 Å². The Morgan fingerprint density at radius 3 is 2.05 bits per heavy atom. The number of fused-ring (bicyclic) bond motifs is 3. The van der Waals surface area contributed by atoms with Gasteiger partial charge in [0.25, 0.3) is 0 Å². The third-order valence-corrected chi connectivity index (χ3v) is 10.2. The molecule has 3 aromatic carbocycles. The molecule has 1 aliphatic carbocycles. The molecule has 0 radical (unpaired) electrons. The highest BCUT2D eigenvalue weighted by Gasteiger charge is 2.57. The second-order valence-corrected chi connectivity index (χ2v) is 12.7. The Balaban J connectivity index is 0.00000144. The van der Waals surface area contributed by atoms with E-state index in [2.05, 4.69) is 114 Å². The van der Waals surface area contributed by atoms with Crippen molar-refractivity contribution in [2.45, 2.75) is 79.6 Å². The van der Waals surface area contributed by atoms with E-state index in [4.69, 9.17) is 4.98 Å². The maximum absolute atomic E-state index is 5.04. The minimum atomic E-state index is 0.155. The van der Waals surface area contributed by atoms with E-state index >= 15 is 0 Å². The summed E-state index contributed by atoms with van der Waals surface area (Å²) < 4.78 is 5.08. The number of thiophene rings is 1. The lowest BCUT2D eigenvalue weighted by atomic mass is 9.87. The topological polar surface area (TPSA) is 17.8 Å². The van der Waals surface area contributed by atoms with Crippen molar-refractivity contribution in [3.05, 3.63) is 83.7 Å². The molecular weight excluding hydrogens is 480 g/mol. The number of aromatic nitrogens is 2. The number of nitrogens with zero attached hydrogens (tertiary/aromatic N) is 2. The van der Waals surface area contributed by atoms with Gasteiger partial charge in [-0.1, -0.05) is 98.7 Å². The molecule has 1 saturated carbocycles. The number of para-hydroxylation sites is 1. The van der Waals surface area contributed by atoms with Gasteiger partial charge < -0.3 is 0 Å². The van der Waals surface area contributed by atoms with Crippen LogP contribution in [0.2, 0.25) is 0 Å². The van der Waals surface area contributed by atoms with Gasteiger partial charge in [-0.3, -0.25) is 4.57 Å². The third kappa shape index (κ3) is 4.02. The van der Waals surface area contributed by atoms with Gasteiger partial charge in [0.05, 0.1) is 5.69 Å². The minimum absolute atomic E-state index is 0.155. The van der Waals surface area contributed by atoms with Crippen molar-refractivity contribution in [3.8, 4) is 17.1 Å². The van der Waals surface area contributed by atoms with Crippen LogP contribution in [0.4, 0.5) is 0 Å². The highest BCUT2D eigenvalue weighted by Crippen LogP contribution is 2.61. The zero-order valence-electron chi connectivity index (χ0n) is 24.5. The fraction of sp³-hybridized carbons (Fsp3) is 0.400. The summed E-state index contributed by atoms with van der Waals surface area (Å²) in [5, 5.41) is 2.75. The Morgan fingerprint density at radius 1 is 0.816 bits per heavy atom. The van der Waals surface area contributed by atoms with Crippen LogP contribution in [0.1, 0.15) is 90.8 Å². The lowest BCUT2D eigenvalue weighted by Gasteiger charge is -2.23. The highest BCUT2D eigenvalue weighted by atomic mass is 32.1. The molecule has 0 spiro atoms. The van der Waals surface area contributed by atoms with Gasteiger partial charge in [0.1, 0.15) is 5.82 Å². The van der Waals surface area contributed by atoms with Gasteiger partial charge in [-0.15, -0.1) is 11.3 Å². The molecule has 198 valence electrons. The summed E-state index contributed by atoms with van der Waals surface area (Å²) in [5.41, 5.74) is 6.94. The predicted octanol–water partition coefficient (Wildman–Crippen LogP) is 10.7. The summed E-state index contributed by atoms with van der Waals surface area (Å²) in [6.07, 6.45) is 4.15. The third-order valence-electron chi connectivity index (χ3n) is 9.09. The number of hydrogen-bond donors (Lipinski definition) is 0. The van der Waals surface area contributed by atoms with Crippen molar-refractivity contribution < 1.29 is 0 Å². The zero-order chi connectivity index (χ0) is 27.4. The normalized spacial score (nSPS) is 20.8. The standard InChI is InChI=1S/C33H36N2S.C2H6/c1-19(2)23-12-10-13-24(20(3)4)31(23)35-16-15-34-32(35)27-18-30-26(25-11-8-9-14-29(25)36-30)17-28(27)33(7)21(5)22(33)6;1-2/h8-22H,1-7H3;1-2H3/t21-,22?,33?;/m0./s1. The Bertz CT molecular complexity index is 1570. The van der Waals surface area contributed by atoms with E-state index in [-0.39, 0.29) is 5.41 Å². The molecule has 2 nitrogen and oxygen atoms in total. The van der Waals surface area contributed by atoms with Crippen molar-refractivity contribution in [1.29, 1.82) is 0 Å². The molecule has 1 aliphatic rings. The Kier molecular flexibility index (Phi) is 7.02. The van der Waals surface area contributed by atoms with Gasteiger partial charge >= 0.3 is 0 Å². The quantitative estimate of drug-likeness (QED) is 0.224. The molecule has 0 N–H and O–H groups in total. The fourth-order valence-corrected chi connectivity index (χ4v) is 7.48. The molecule has 38 heavy (non-hydrogen) atoms. The van der Waals surface area contributed by atoms with Crippen LogP contribution >= 0.6 is 11.3 Å². The first-order chi connectivity index (χ1) is 18.2. The van der Waals surface area contributed by atoms with Crippen LogP contribution < -0.4 is 0 Å². The van der Waals surface area contributed by atoms with Crippen LogP contribution in [0.15, 0.2) is 67.0 Å². The molecule has 2 heterocycles. The van der Waals surface area contributed by atoms with E-state index in [1.807, 2.05) is 31.4 Å². The number of rotatable bonds is 5. The van der Waals surface area contributed by atoms with Crippen LogP contribution in [0, 0.1) is 11.8 Å². The first-order valence-corrected chi connectivity index (χ1v) is 15.2. The molecule has 3 heteroatoms. The first kappa shape index (κ1) is 26.7. The highest BCUT2D eigenvalue weighted by molar-refractivity contribution is 7.25. The number of imidazole rings is 1. The molecule has 0 amide bonds. The molecule has 3 atom stereocenters. The zero-order valence-corrected chi connectivity index (χ0v) is 25.3. The number of hydrogen-bond acceptors (Lipinski definition) is 2. The largest absolute Gasteiger partial charge is 0.299 e. The van der Waals surface area contributed by atoms with Crippen molar-refractivity contribution in [1.82, 2.24) is 9.55 Å². The summed E-state index contributed by atoms with van der Waals surface area (Å²) >= 11 is 1.90. The molecule has 6 rings (SSSR count). The van der Waals surface area contributed by atoms with E-state index in [0.29, 0.717) is 23.7 Å². The van der Waals surface area contributed by atoms with E-state index in [1.165, 1.54) is 48.1 Å². The summed E-state index contributed by atoms with van der Waals surface area (Å²) in [5.74, 6) is 3.22. The van der Waals surface area contributed by atoms with Crippen LogP contribution in [0.3, 0.4) is 0 Å². The van der Waals surface area contributed by atoms with Crippen molar-refractivity contribution in [2.24, 2.45) is 11.8 Å². The molecule has 0 aliphatic heterocycles. The van der Waals surface area contributed by atoms with Crippen LogP contribution in [0.5, 0.6) is 0 Å². The first-order valence-electron chi connectivity index (χ1n) is 14.4. The molecule has 2 unspecified atom stereocenters. The van der Waals surface area contributed by atoms with Gasteiger partial charge in [0, 0.05) is 38.1 Å². The fourth-order valence-electron chi connectivity index (χ4n) is 6.35. The van der Waals surface area contributed by atoms with Crippen molar-refractivity contribution in [3.63, 3.8) is 0 Å². The number of benzene rings is 3. The molecule has 5 aromatic rings. The monoisotopic (exact) mass is 522 g/mol. The van der Waals surface area contributed by atoms with Crippen LogP contribution in [0.25, 0.3) is 37.2 Å².